The third-order valence-corrected chi connectivity index (χ3v) is 4.43. The minimum atomic E-state index is -0.605. The zero-order valence-corrected chi connectivity index (χ0v) is 14.7. The molecule has 0 aliphatic carbocycles. The van der Waals surface area contributed by atoms with Gasteiger partial charge in [0, 0.05) is 4.47 Å². The van der Waals surface area contributed by atoms with Gasteiger partial charge in [-0.1, -0.05) is 24.3 Å². The zero-order chi connectivity index (χ0) is 17.1. The molecule has 2 aromatic rings. The van der Waals surface area contributed by atoms with Crippen molar-refractivity contribution >= 4 is 39.1 Å². The highest BCUT2D eigenvalue weighted by molar-refractivity contribution is 9.10. The summed E-state index contributed by atoms with van der Waals surface area (Å²) in [5.74, 6) is 0.177. The van der Waals surface area contributed by atoms with Crippen molar-refractivity contribution in [3.8, 4) is 5.75 Å². The Labute approximate surface area is 148 Å². The summed E-state index contributed by atoms with van der Waals surface area (Å²) < 4.78 is 6.27. The van der Waals surface area contributed by atoms with Gasteiger partial charge >= 0.3 is 0 Å². The van der Waals surface area contributed by atoms with Crippen LogP contribution in [-0.2, 0) is 9.59 Å². The van der Waals surface area contributed by atoms with Crippen molar-refractivity contribution in [2.75, 3.05) is 16.8 Å². The van der Waals surface area contributed by atoms with Gasteiger partial charge in [-0.25, -0.2) is 4.90 Å². The molecule has 0 saturated carbocycles. The number of imide groups is 1. The number of carbonyl (C=O) groups excluding carboxylic acids is 2. The van der Waals surface area contributed by atoms with Crippen LogP contribution < -0.4 is 15.0 Å². The van der Waals surface area contributed by atoms with Gasteiger partial charge in [-0.3, -0.25) is 9.59 Å². The summed E-state index contributed by atoms with van der Waals surface area (Å²) in [5.41, 5.74) is 1.27. The molecule has 2 amide bonds. The van der Waals surface area contributed by atoms with E-state index in [9.17, 15) is 9.59 Å². The van der Waals surface area contributed by atoms with E-state index < -0.39 is 6.04 Å². The van der Waals surface area contributed by atoms with E-state index in [0.717, 1.165) is 0 Å². The number of carbonyl (C=O) groups is 2. The van der Waals surface area contributed by atoms with E-state index in [2.05, 4.69) is 21.2 Å². The molecule has 1 aliphatic heterocycles. The Morgan fingerprint density at radius 3 is 2.62 bits per heavy atom. The molecule has 1 heterocycles. The monoisotopic (exact) mass is 388 g/mol. The van der Waals surface area contributed by atoms with Crippen molar-refractivity contribution in [2.24, 2.45) is 0 Å². The maximum atomic E-state index is 12.7. The van der Waals surface area contributed by atoms with Crippen molar-refractivity contribution in [2.45, 2.75) is 19.4 Å². The topological polar surface area (TPSA) is 58.6 Å². The van der Waals surface area contributed by atoms with Crippen LogP contribution in [0.15, 0.2) is 53.0 Å². The molecule has 5 nitrogen and oxygen atoms in total. The van der Waals surface area contributed by atoms with E-state index in [0.29, 0.717) is 28.2 Å². The Morgan fingerprint density at radius 1 is 1.17 bits per heavy atom. The lowest BCUT2D eigenvalue weighted by Gasteiger charge is -2.18. The minimum Gasteiger partial charge on any atom is -0.492 e. The van der Waals surface area contributed by atoms with Gasteiger partial charge < -0.3 is 10.1 Å². The summed E-state index contributed by atoms with van der Waals surface area (Å²) in [4.78, 5) is 26.3. The minimum absolute atomic E-state index is 0.112. The van der Waals surface area contributed by atoms with E-state index in [1.807, 2.05) is 37.3 Å². The number of amides is 2. The molecule has 124 valence electrons. The first-order valence-corrected chi connectivity index (χ1v) is 8.50. The molecule has 0 spiro atoms. The van der Waals surface area contributed by atoms with Gasteiger partial charge in [0.1, 0.15) is 11.8 Å². The lowest BCUT2D eigenvalue weighted by Crippen LogP contribution is -2.35. The number of rotatable bonds is 5. The molecule has 1 unspecified atom stereocenters. The first-order valence-electron chi connectivity index (χ1n) is 7.71. The average Bonchev–Trinajstić information content (AvgIpc) is 2.84. The summed E-state index contributed by atoms with van der Waals surface area (Å²) in [6.45, 7) is 2.43. The van der Waals surface area contributed by atoms with Crippen LogP contribution in [0.5, 0.6) is 5.75 Å². The number of nitrogens with one attached hydrogen (secondary N) is 1. The Bertz CT molecular complexity index is 778. The molecule has 1 atom stereocenters. The van der Waals surface area contributed by atoms with Gasteiger partial charge in [0.05, 0.1) is 24.4 Å². The number of ether oxygens (including phenoxy) is 1. The van der Waals surface area contributed by atoms with Crippen molar-refractivity contribution in [3.63, 3.8) is 0 Å². The van der Waals surface area contributed by atoms with Gasteiger partial charge in [0.2, 0.25) is 5.91 Å². The fourth-order valence-electron chi connectivity index (χ4n) is 2.69. The number of nitrogens with zero attached hydrogens (tertiary/aromatic N) is 1. The van der Waals surface area contributed by atoms with Gasteiger partial charge in [0.25, 0.3) is 5.91 Å². The maximum Gasteiger partial charge on any atom is 0.256 e. The fraction of sp³-hybridized carbons (Fsp3) is 0.222. The van der Waals surface area contributed by atoms with Crippen molar-refractivity contribution < 1.29 is 14.3 Å². The molecular formula is C18H17BrN2O3. The molecule has 0 bridgehead atoms. The Morgan fingerprint density at radius 2 is 1.88 bits per heavy atom. The highest BCUT2D eigenvalue weighted by atomic mass is 79.9. The van der Waals surface area contributed by atoms with Crippen molar-refractivity contribution in [3.05, 3.63) is 53.0 Å². The van der Waals surface area contributed by atoms with Crippen LogP contribution in [0.4, 0.5) is 11.4 Å². The number of anilines is 2. The zero-order valence-electron chi connectivity index (χ0n) is 13.2. The van der Waals surface area contributed by atoms with E-state index >= 15 is 0 Å². The van der Waals surface area contributed by atoms with Crippen LogP contribution in [0.25, 0.3) is 0 Å². The molecule has 3 rings (SSSR count). The third kappa shape index (κ3) is 3.14. The summed E-state index contributed by atoms with van der Waals surface area (Å²) in [6.07, 6.45) is 0.112. The van der Waals surface area contributed by atoms with Crippen LogP contribution in [0.1, 0.15) is 13.3 Å². The van der Waals surface area contributed by atoms with E-state index in [4.69, 9.17) is 4.74 Å². The number of hydrogen-bond acceptors (Lipinski definition) is 4. The standard InChI is InChI=1S/C18H17BrN2O3/c1-2-24-16-10-6-4-8-13(16)20-14-11-17(22)21(18(14)23)15-9-5-3-7-12(15)19/h3-10,14,20H,2,11H2,1H3. The predicted molar refractivity (Wildman–Crippen MR) is 96.3 cm³/mol. The quantitative estimate of drug-likeness (QED) is 0.795. The van der Waals surface area contributed by atoms with E-state index in [1.165, 1.54) is 4.90 Å². The SMILES string of the molecule is CCOc1ccccc1NC1CC(=O)N(c2ccccc2Br)C1=O. The van der Waals surface area contributed by atoms with Gasteiger partial charge in [-0.2, -0.15) is 0 Å². The fourth-order valence-corrected chi connectivity index (χ4v) is 3.15. The van der Waals surface area contributed by atoms with Crippen LogP contribution in [0.2, 0.25) is 0 Å². The highest BCUT2D eigenvalue weighted by Crippen LogP contribution is 2.32. The largest absolute Gasteiger partial charge is 0.492 e. The molecule has 1 fully saturated rings. The average molecular weight is 389 g/mol. The third-order valence-electron chi connectivity index (χ3n) is 3.76. The molecule has 1 N–H and O–H groups in total. The molecule has 2 aromatic carbocycles. The number of halogens is 1. The Hall–Kier alpha value is -2.34. The molecule has 24 heavy (non-hydrogen) atoms. The van der Waals surface area contributed by atoms with Gasteiger partial charge in [0.15, 0.2) is 0 Å². The number of benzene rings is 2. The lowest BCUT2D eigenvalue weighted by molar-refractivity contribution is -0.121. The van der Waals surface area contributed by atoms with Gasteiger partial charge in [-0.15, -0.1) is 0 Å². The molecule has 6 heteroatoms. The predicted octanol–water partition coefficient (Wildman–Crippen LogP) is 3.59. The smallest absolute Gasteiger partial charge is 0.256 e. The Balaban J connectivity index is 1.84. The van der Waals surface area contributed by atoms with Crippen LogP contribution in [-0.4, -0.2) is 24.5 Å². The van der Waals surface area contributed by atoms with E-state index in [1.54, 1.807) is 18.2 Å². The summed E-state index contributed by atoms with van der Waals surface area (Å²) >= 11 is 3.39. The normalized spacial score (nSPS) is 17.2. The molecule has 1 aliphatic rings. The van der Waals surface area contributed by atoms with E-state index in [-0.39, 0.29) is 18.2 Å². The van der Waals surface area contributed by atoms with Crippen LogP contribution in [0.3, 0.4) is 0 Å². The highest BCUT2D eigenvalue weighted by Gasteiger charge is 2.40. The van der Waals surface area contributed by atoms with Crippen molar-refractivity contribution in [1.82, 2.24) is 0 Å². The van der Waals surface area contributed by atoms with Crippen molar-refractivity contribution in [1.29, 1.82) is 0 Å². The summed E-state index contributed by atoms with van der Waals surface area (Å²) in [5, 5.41) is 3.14. The second-order valence-corrected chi connectivity index (χ2v) is 6.20. The lowest BCUT2D eigenvalue weighted by atomic mass is 10.2. The summed E-state index contributed by atoms with van der Waals surface area (Å²) in [6, 6.07) is 14.0. The first-order chi connectivity index (χ1) is 11.6. The second-order valence-electron chi connectivity index (χ2n) is 5.35. The second kappa shape index (κ2) is 7.05. The van der Waals surface area contributed by atoms with Crippen LogP contribution >= 0.6 is 15.9 Å². The molecule has 1 saturated heterocycles. The maximum absolute atomic E-state index is 12.7. The molecule has 0 radical (unpaired) electrons. The molecule has 0 aromatic heterocycles. The number of para-hydroxylation sites is 3. The van der Waals surface area contributed by atoms with Crippen LogP contribution in [0, 0.1) is 0 Å². The first kappa shape index (κ1) is 16.5. The van der Waals surface area contributed by atoms with Gasteiger partial charge in [-0.05, 0) is 47.1 Å². The summed E-state index contributed by atoms with van der Waals surface area (Å²) in [7, 11) is 0. The Kier molecular flexibility index (Phi) is 4.85. The number of hydrogen-bond donors (Lipinski definition) is 1. The molecular weight excluding hydrogens is 372 g/mol.